The van der Waals surface area contributed by atoms with E-state index in [-0.39, 0.29) is 23.5 Å². The number of carbonyl (C=O) groups is 1. The van der Waals surface area contributed by atoms with Crippen molar-refractivity contribution in [2.75, 3.05) is 28.9 Å². The Hall–Kier alpha value is -2.98. The number of carbonyl (C=O) groups excluding carboxylic acids is 1. The minimum atomic E-state index is -3.80. The second kappa shape index (κ2) is 11.0. The number of para-hydroxylation sites is 1. The average Bonchev–Trinajstić information content (AvgIpc) is 3.60. The van der Waals surface area contributed by atoms with Crippen molar-refractivity contribution in [3.05, 3.63) is 82.9 Å². The van der Waals surface area contributed by atoms with Gasteiger partial charge in [-0.1, -0.05) is 41.1 Å². The highest BCUT2D eigenvalue weighted by Gasteiger charge is 2.29. The van der Waals surface area contributed by atoms with Gasteiger partial charge in [-0.2, -0.15) is 0 Å². The Labute approximate surface area is 231 Å². The molecule has 1 aliphatic heterocycles. The van der Waals surface area contributed by atoms with E-state index in [0.29, 0.717) is 34.6 Å². The van der Waals surface area contributed by atoms with Crippen LogP contribution in [-0.4, -0.2) is 45.1 Å². The molecule has 0 aliphatic carbocycles. The molecule has 198 valence electrons. The van der Waals surface area contributed by atoms with Gasteiger partial charge < -0.3 is 4.74 Å². The zero-order valence-corrected chi connectivity index (χ0v) is 23.5. The smallest absolute Gasteiger partial charge is 0.264 e. The predicted octanol–water partition coefficient (Wildman–Crippen LogP) is 6.30. The first-order valence-electron chi connectivity index (χ1n) is 12.5. The van der Waals surface area contributed by atoms with Gasteiger partial charge in [0.2, 0.25) is 0 Å². The van der Waals surface area contributed by atoms with E-state index in [1.807, 2.05) is 25.1 Å². The normalized spacial score (nSPS) is 15.6. The number of halogens is 1. The monoisotopic (exact) mass is 569 g/mol. The van der Waals surface area contributed by atoms with Gasteiger partial charge in [-0.05, 0) is 80.8 Å². The molecule has 7 nitrogen and oxygen atoms in total. The van der Waals surface area contributed by atoms with Crippen LogP contribution in [0.4, 0.5) is 10.8 Å². The molecule has 1 aliphatic rings. The SMILES string of the molecule is CCN(c1ccccc1)S(=O)(=O)c1ccc(C(=O)N(CC2CCCO2)c2nc3c(C)c(Cl)ccc3s2)cc1. The third-order valence-electron chi connectivity index (χ3n) is 6.64. The lowest BCUT2D eigenvalue weighted by Crippen LogP contribution is -2.37. The van der Waals surface area contributed by atoms with Crippen LogP contribution in [0.15, 0.2) is 71.6 Å². The highest BCUT2D eigenvalue weighted by atomic mass is 35.5. The van der Waals surface area contributed by atoms with Crippen molar-refractivity contribution in [1.82, 2.24) is 4.98 Å². The van der Waals surface area contributed by atoms with Crippen LogP contribution in [0.1, 0.15) is 35.7 Å². The quantitative estimate of drug-likeness (QED) is 0.249. The Morgan fingerprint density at radius 3 is 2.50 bits per heavy atom. The number of amides is 1. The Kier molecular flexibility index (Phi) is 7.72. The molecular weight excluding hydrogens is 542 g/mol. The average molecular weight is 570 g/mol. The molecule has 0 spiro atoms. The lowest BCUT2D eigenvalue weighted by Gasteiger charge is -2.24. The van der Waals surface area contributed by atoms with Gasteiger partial charge in [-0.15, -0.1) is 0 Å². The lowest BCUT2D eigenvalue weighted by atomic mass is 10.2. The Balaban J connectivity index is 1.46. The van der Waals surface area contributed by atoms with Crippen LogP contribution in [0, 0.1) is 6.92 Å². The van der Waals surface area contributed by atoms with Gasteiger partial charge in [-0.3, -0.25) is 14.0 Å². The molecule has 1 aromatic heterocycles. The van der Waals surface area contributed by atoms with E-state index in [2.05, 4.69) is 0 Å². The van der Waals surface area contributed by atoms with Gasteiger partial charge in [0.15, 0.2) is 5.13 Å². The van der Waals surface area contributed by atoms with Gasteiger partial charge >= 0.3 is 0 Å². The highest BCUT2D eigenvalue weighted by molar-refractivity contribution is 7.92. The lowest BCUT2D eigenvalue weighted by molar-refractivity contribution is 0.0917. The first-order valence-corrected chi connectivity index (χ1v) is 15.1. The van der Waals surface area contributed by atoms with Crippen molar-refractivity contribution in [2.45, 2.75) is 37.7 Å². The van der Waals surface area contributed by atoms with E-state index in [1.165, 1.54) is 27.8 Å². The fraction of sp³-hybridized carbons (Fsp3) is 0.286. The van der Waals surface area contributed by atoms with Crippen molar-refractivity contribution in [1.29, 1.82) is 0 Å². The van der Waals surface area contributed by atoms with Crippen LogP contribution >= 0.6 is 22.9 Å². The van der Waals surface area contributed by atoms with E-state index in [9.17, 15) is 13.2 Å². The number of hydrogen-bond acceptors (Lipinski definition) is 6. The third kappa shape index (κ3) is 5.16. The zero-order valence-electron chi connectivity index (χ0n) is 21.1. The highest BCUT2D eigenvalue weighted by Crippen LogP contribution is 2.35. The summed E-state index contributed by atoms with van der Waals surface area (Å²) in [5, 5.41) is 1.18. The van der Waals surface area contributed by atoms with E-state index >= 15 is 0 Å². The van der Waals surface area contributed by atoms with Gasteiger partial charge in [0, 0.05) is 23.7 Å². The number of fused-ring (bicyclic) bond motifs is 1. The molecule has 1 fully saturated rings. The number of anilines is 2. The maximum Gasteiger partial charge on any atom is 0.264 e. The number of sulfonamides is 1. The van der Waals surface area contributed by atoms with Crippen LogP contribution in [0.25, 0.3) is 10.2 Å². The second-order valence-corrected chi connectivity index (χ2v) is 12.4. The molecule has 4 aromatic rings. The summed E-state index contributed by atoms with van der Waals surface area (Å²) in [5.74, 6) is -0.261. The summed E-state index contributed by atoms with van der Waals surface area (Å²) < 4.78 is 34.9. The number of aromatic nitrogens is 1. The summed E-state index contributed by atoms with van der Waals surface area (Å²) in [6.45, 7) is 5.02. The summed E-state index contributed by atoms with van der Waals surface area (Å²) in [6, 6.07) is 18.8. The topological polar surface area (TPSA) is 79.8 Å². The summed E-state index contributed by atoms with van der Waals surface area (Å²) in [7, 11) is -3.80. The summed E-state index contributed by atoms with van der Waals surface area (Å²) in [4.78, 5) is 20.3. The molecule has 0 radical (unpaired) electrons. The maximum absolute atomic E-state index is 13.8. The van der Waals surface area contributed by atoms with Crippen molar-refractivity contribution in [3.8, 4) is 0 Å². The largest absolute Gasteiger partial charge is 0.376 e. The number of nitrogens with zero attached hydrogens (tertiary/aromatic N) is 3. The molecule has 1 amide bonds. The van der Waals surface area contributed by atoms with Crippen molar-refractivity contribution in [2.24, 2.45) is 0 Å². The van der Waals surface area contributed by atoms with E-state index in [0.717, 1.165) is 28.6 Å². The molecule has 1 unspecified atom stereocenters. The number of hydrogen-bond donors (Lipinski definition) is 0. The standard InChI is InChI=1S/C28H28ClN3O4S2/c1-3-32(21-8-5-4-6-9-21)38(34,35)23-13-11-20(12-14-23)27(33)31(18-22-10-7-17-36-22)28-30-26-19(2)24(29)15-16-25(26)37-28/h4-6,8-9,11-16,22H,3,7,10,17-18H2,1-2H3. The molecule has 3 aromatic carbocycles. The molecule has 0 N–H and O–H groups in total. The van der Waals surface area contributed by atoms with Crippen molar-refractivity contribution >= 4 is 59.9 Å². The number of benzene rings is 3. The maximum atomic E-state index is 13.8. The minimum Gasteiger partial charge on any atom is -0.376 e. The Morgan fingerprint density at radius 1 is 1.11 bits per heavy atom. The van der Waals surface area contributed by atoms with Crippen LogP contribution in [0.2, 0.25) is 5.02 Å². The molecule has 1 saturated heterocycles. The predicted molar refractivity (Wildman–Crippen MR) is 153 cm³/mol. The van der Waals surface area contributed by atoms with Crippen molar-refractivity contribution in [3.63, 3.8) is 0 Å². The molecule has 5 rings (SSSR count). The number of rotatable bonds is 8. The third-order valence-corrected chi connectivity index (χ3v) is 10.0. The molecule has 0 saturated carbocycles. The minimum absolute atomic E-state index is 0.0840. The van der Waals surface area contributed by atoms with Crippen molar-refractivity contribution < 1.29 is 17.9 Å². The van der Waals surface area contributed by atoms with Gasteiger partial charge in [0.1, 0.15) is 0 Å². The first kappa shape index (κ1) is 26.6. The summed E-state index contributed by atoms with van der Waals surface area (Å²) in [5.41, 5.74) is 2.59. The molecule has 0 bridgehead atoms. The molecule has 10 heteroatoms. The second-order valence-electron chi connectivity index (χ2n) is 9.10. The Morgan fingerprint density at radius 2 is 1.84 bits per heavy atom. The Bertz CT molecular complexity index is 1550. The fourth-order valence-corrected chi connectivity index (χ4v) is 7.24. The van der Waals surface area contributed by atoms with Crippen LogP contribution in [-0.2, 0) is 14.8 Å². The molecule has 38 heavy (non-hydrogen) atoms. The molecular formula is C28H28ClN3O4S2. The van der Waals surface area contributed by atoms with Crippen LogP contribution in [0.5, 0.6) is 0 Å². The van der Waals surface area contributed by atoms with Crippen LogP contribution in [0.3, 0.4) is 0 Å². The fourth-order valence-electron chi connectivity index (χ4n) is 4.58. The zero-order chi connectivity index (χ0) is 26.9. The van der Waals surface area contributed by atoms with Gasteiger partial charge in [-0.25, -0.2) is 13.4 Å². The number of thiazole rings is 1. The van der Waals surface area contributed by atoms with E-state index < -0.39 is 10.0 Å². The van der Waals surface area contributed by atoms with E-state index in [4.69, 9.17) is 21.3 Å². The molecule has 1 atom stereocenters. The number of ether oxygens (including phenoxy) is 1. The van der Waals surface area contributed by atoms with Gasteiger partial charge in [0.25, 0.3) is 15.9 Å². The summed E-state index contributed by atoms with van der Waals surface area (Å²) in [6.07, 6.45) is 1.73. The number of aryl methyl sites for hydroxylation is 1. The van der Waals surface area contributed by atoms with E-state index in [1.54, 1.807) is 48.2 Å². The summed E-state index contributed by atoms with van der Waals surface area (Å²) >= 11 is 7.73. The molecule has 2 heterocycles. The van der Waals surface area contributed by atoms with Gasteiger partial charge in [0.05, 0.1) is 33.4 Å². The van der Waals surface area contributed by atoms with Crippen LogP contribution < -0.4 is 9.21 Å². The first-order chi connectivity index (χ1) is 18.3.